The smallest absolute Gasteiger partial charge is 0.175 e. The molecular weight excluding hydrogens is 270 g/mol. The van der Waals surface area contributed by atoms with E-state index in [0.717, 1.165) is 16.6 Å². The number of H-pyrrole nitrogens is 1. The number of hydrogen-bond acceptors (Lipinski definition) is 2. The van der Waals surface area contributed by atoms with Gasteiger partial charge in [-0.05, 0) is 41.8 Å². The van der Waals surface area contributed by atoms with Crippen molar-refractivity contribution in [1.29, 1.82) is 0 Å². The molecule has 1 aromatic heterocycles. The van der Waals surface area contributed by atoms with Crippen LogP contribution < -0.4 is 0 Å². The molecule has 0 spiro atoms. The molecule has 0 fully saturated rings. The van der Waals surface area contributed by atoms with Crippen LogP contribution in [-0.2, 0) is 9.84 Å². The van der Waals surface area contributed by atoms with Crippen LogP contribution >= 0.6 is 0 Å². The number of fused-ring (bicyclic) bond motifs is 1. The van der Waals surface area contributed by atoms with E-state index in [1.807, 2.05) is 24.4 Å². The Hall–Kier alpha value is -2.07. The highest BCUT2D eigenvalue weighted by atomic mass is 32.2. The van der Waals surface area contributed by atoms with Crippen LogP contribution in [0.5, 0.6) is 0 Å². The van der Waals surface area contributed by atoms with Crippen molar-refractivity contribution in [3.8, 4) is 11.1 Å². The number of rotatable bonds is 2. The van der Waals surface area contributed by atoms with E-state index in [1.165, 1.54) is 17.2 Å². The van der Waals surface area contributed by atoms with E-state index in [2.05, 4.69) is 18.0 Å². The van der Waals surface area contributed by atoms with Crippen molar-refractivity contribution in [3.05, 3.63) is 54.2 Å². The first-order valence-electron chi connectivity index (χ1n) is 6.33. The molecule has 0 aliphatic rings. The minimum absolute atomic E-state index is 0.345. The van der Waals surface area contributed by atoms with Gasteiger partial charge in [-0.3, -0.25) is 0 Å². The third kappa shape index (κ3) is 2.23. The SMILES string of the molecule is Cc1c[nH]c2cc(-c3cccc(S(C)(=O)=O)c3)ccc12. The Kier molecular flexibility index (Phi) is 2.91. The van der Waals surface area contributed by atoms with Crippen LogP contribution in [0.1, 0.15) is 5.56 Å². The number of sulfone groups is 1. The maximum Gasteiger partial charge on any atom is 0.175 e. The van der Waals surface area contributed by atoms with Crippen molar-refractivity contribution in [2.24, 2.45) is 0 Å². The molecule has 102 valence electrons. The van der Waals surface area contributed by atoms with Crippen LogP contribution in [0.15, 0.2) is 53.6 Å². The Bertz CT molecular complexity index is 892. The Labute approximate surface area is 118 Å². The Morgan fingerprint density at radius 2 is 1.75 bits per heavy atom. The van der Waals surface area contributed by atoms with Crippen LogP contribution in [0.2, 0.25) is 0 Å². The standard InChI is InChI=1S/C16H15NO2S/c1-11-10-17-16-9-13(6-7-15(11)16)12-4-3-5-14(8-12)20(2,18)19/h3-10,17H,1-2H3. The molecule has 1 N–H and O–H groups in total. The quantitative estimate of drug-likeness (QED) is 0.783. The maximum atomic E-state index is 11.6. The zero-order valence-corrected chi connectivity index (χ0v) is 12.2. The van der Waals surface area contributed by atoms with E-state index in [-0.39, 0.29) is 0 Å². The molecule has 3 rings (SSSR count). The summed E-state index contributed by atoms with van der Waals surface area (Å²) in [5.74, 6) is 0. The summed E-state index contributed by atoms with van der Waals surface area (Å²) in [5, 5.41) is 1.19. The van der Waals surface area contributed by atoms with Crippen LogP contribution in [0, 0.1) is 6.92 Å². The van der Waals surface area contributed by atoms with Gasteiger partial charge in [0.2, 0.25) is 0 Å². The third-order valence-corrected chi connectivity index (χ3v) is 4.59. The van der Waals surface area contributed by atoms with Gasteiger partial charge in [0.05, 0.1) is 4.90 Å². The van der Waals surface area contributed by atoms with Gasteiger partial charge in [-0.1, -0.05) is 24.3 Å². The summed E-state index contributed by atoms with van der Waals surface area (Å²) >= 11 is 0. The van der Waals surface area contributed by atoms with E-state index in [4.69, 9.17) is 0 Å². The van der Waals surface area contributed by atoms with Gasteiger partial charge in [0.25, 0.3) is 0 Å². The fourth-order valence-electron chi connectivity index (χ4n) is 2.36. The van der Waals surface area contributed by atoms with Gasteiger partial charge in [-0.25, -0.2) is 8.42 Å². The average molecular weight is 285 g/mol. The van der Waals surface area contributed by atoms with E-state index < -0.39 is 9.84 Å². The third-order valence-electron chi connectivity index (χ3n) is 3.48. The van der Waals surface area contributed by atoms with Gasteiger partial charge in [0.15, 0.2) is 9.84 Å². The second kappa shape index (κ2) is 4.49. The molecule has 20 heavy (non-hydrogen) atoms. The van der Waals surface area contributed by atoms with Gasteiger partial charge >= 0.3 is 0 Å². The highest BCUT2D eigenvalue weighted by Crippen LogP contribution is 2.27. The number of aromatic amines is 1. The summed E-state index contributed by atoms with van der Waals surface area (Å²) in [7, 11) is -3.18. The van der Waals surface area contributed by atoms with Gasteiger partial charge < -0.3 is 4.98 Å². The maximum absolute atomic E-state index is 11.6. The minimum Gasteiger partial charge on any atom is -0.361 e. The van der Waals surface area contributed by atoms with Gasteiger partial charge in [0.1, 0.15) is 0 Å². The highest BCUT2D eigenvalue weighted by molar-refractivity contribution is 7.90. The normalized spacial score (nSPS) is 11.9. The largest absolute Gasteiger partial charge is 0.361 e. The summed E-state index contributed by atoms with van der Waals surface area (Å²) in [6.07, 6.45) is 3.20. The second-order valence-corrected chi connectivity index (χ2v) is 7.05. The lowest BCUT2D eigenvalue weighted by atomic mass is 10.0. The van der Waals surface area contributed by atoms with Crippen molar-refractivity contribution in [1.82, 2.24) is 4.98 Å². The number of aromatic nitrogens is 1. The Morgan fingerprint density at radius 3 is 2.50 bits per heavy atom. The first-order valence-corrected chi connectivity index (χ1v) is 8.22. The Balaban J connectivity index is 2.15. The van der Waals surface area contributed by atoms with Crippen molar-refractivity contribution in [3.63, 3.8) is 0 Å². The molecule has 0 radical (unpaired) electrons. The van der Waals surface area contributed by atoms with Gasteiger partial charge in [-0.2, -0.15) is 0 Å². The molecule has 0 saturated heterocycles. The summed E-state index contributed by atoms with van der Waals surface area (Å²) in [5.41, 5.74) is 4.17. The molecule has 0 amide bonds. The molecule has 2 aromatic carbocycles. The molecule has 1 heterocycles. The topological polar surface area (TPSA) is 49.9 Å². The summed E-state index contributed by atoms with van der Waals surface area (Å²) in [4.78, 5) is 3.57. The zero-order chi connectivity index (χ0) is 14.3. The lowest BCUT2D eigenvalue weighted by Gasteiger charge is -2.05. The van der Waals surface area contributed by atoms with E-state index in [9.17, 15) is 8.42 Å². The molecule has 3 nitrogen and oxygen atoms in total. The predicted molar refractivity (Wildman–Crippen MR) is 81.6 cm³/mol. The molecular formula is C16H15NO2S. The molecule has 4 heteroatoms. The second-order valence-electron chi connectivity index (χ2n) is 5.03. The van der Waals surface area contributed by atoms with Crippen LogP contribution in [0.4, 0.5) is 0 Å². The zero-order valence-electron chi connectivity index (χ0n) is 11.3. The molecule has 0 bridgehead atoms. The van der Waals surface area contributed by atoms with E-state index in [1.54, 1.807) is 18.2 Å². The number of benzene rings is 2. The van der Waals surface area contributed by atoms with Crippen molar-refractivity contribution < 1.29 is 8.42 Å². The molecule has 0 atom stereocenters. The highest BCUT2D eigenvalue weighted by Gasteiger charge is 2.09. The predicted octanol–water partition coefficient (Wildman–Crippen LogP) is 3.55. The van der Waals surface area contributed by atoms with E-state index in [0.29, 0.717) is 4.90 Å². The summed E-state index contributed by atoms with van der Waals surface area (Å²) in [6.45, 7) is 2.06. The fraction of sp³-hybridized carbons (Fsp3) is 0.125. The van der Waals surface area contributed by atoms with Crippen LogP contribution in [-0.4, -0.2) is 19.7 Å². The first-order chi connectivity index (χ1) is 9.45. The molecule has 0 unspecified atom stereocenters. The van der Waals surface area contributed by atoms with Crippen molar-refractivity contribution in [2.75, 3.05) is 6.26 Å². The van der Waals surface area contributed by atoms with Gasteiger partial charge in [0, 0.05) is 23.4 Å². The molecule has 0 saturated carbocycles. The van der Waals surface area contributed by atoms with Crippen LogP contribution in [0.3, 0.4) is 0 Å². The molecule has 0 aliphatic carbocycles. The van der Waals surface area contributed by atoms with Gasteiger partial charge in [-0.15, -0.1) is 0 Å². The molecule has 0 aliphatic heterocycles. The van der Waals surface area contributed by atoms with E-state index >= 15 is 0 Å². The monoisotopic (exact) mass is 285 g/mol. The lowest BCUT2D eigenvalue weighted by molar-refractivity contribution is 0.602. The summed E-state index contributed by atoms with van der Waals surface area (Å²) < 4.78 is 23.3. The van der Waals surface area contributed by atoms with Crippen LogP contribution in [0.25, 0.3) is 22.0 Å². The number of aryl methyl sites for hydroxylation is 1. The minimum atomic E-state index is -3.18. The van der Waals surface area contributed by atoms with Crippen molar-refractivity contribution >= 4 is 20.7 Å². The Morgan fingerprint density at radius 1 is 1.00 bits per heavy atom. The fourth-order valence-corrected chi connectivity index (χ4v) is 3.02. The lowest BCUT2D eigenvalue weighted by Crippen LogP contribution is -1.96. The number of hydrogen-bond donors (Lipinski definition) is 1. The average Bonchev–Trinajstić information content (AvgIpc) is 2.79. The number of nitrogens with one attached hydrogen (secondary N) is 1. The van der Waals surface area contributed by atoms with Crippen molar-refractivity contribution in [2.45, 2.75) is 11.8 Å². The summed E-state index contributed by atoms with van der Waals surface area (Å²) in [6, 6.07) is 13.2. The first kappa shape index (κ1) is 12.9. The molecule has 3 aromatic rings.